The highest BCUT2D eigenvalue weighted by Crippen LogP contribution is 2.36. The molecule has 1 N–H and O–H groups in total. The van der Waals surface area contributed by atoms with E-state index >= 15 is 0 Å². The minimum atomic E-state index is -4.65. The van der Waals surface area contributed by atoms with Crippen LogP contribution in [0, 0.1) is 11.3 Å². The van der Waals surface area contributed by atoms with Crippen molar-refractivity contribution >= 4 is 23.2 Å². The van der Waals surface area contributed by atoms with Gasteiger partial charge in [-0.05, 0) is 30.7 Å². The van der Waals surface area contributed by atoms with E-state index in [4.69, 9.17) is 11.6 Å². The van der Waals surface area contributed by atoms with Crippen LogP contribution >= 0.6 is 11.6 Å². The largest absolute Gasteiger partial charge is 0.417 e. The van der Waals surface area contributed by atoms with Gasteiger partial charge < -0.3 is 10.2 Å². The third-order valence-electron chi connectivity index (χ3n) is 3.84. The maximum Gasteiger partial charge on any atom is 0.417 e. The van der Waals surface area contributed by atoms with E-state index in [1.807, 2.05) is 37.3 Å². The Morgan fingerprint density at radius 3 is 2.50 bits per heavy atom. The van der Waals surface area contributed by atoms with Crippen molar-refractivity contribution in [1.29, 1.82) is 5.26 Å². The number of hydrogen-bond donors (Lipinski definition) is 1. The summed E-state index contributed by atoms with van der Waals surface area (Å²) in [5, 5.41) is 11.1. The number of nitriles is 1. The molecule has 2 aromatic carbocycles. The Morgan fingerprint density at radius 2 is 1.93 bits per heavy atom. The minimum absolute atomic E-state index is 0.103. The van der Waals surface area contributed by atoms with Crippen LogP contribution in [0.25, 0.3) is 0 Å². The van der Waals surface area contributed by atoms with Gasteiger partial charge in [0.05, 0.1) is 10.6 Å². The zero-order chi connectivity index (χ0) is 20.7. The van der Waals surface area contributed by atoms with Crippen molar-refractivity contribution in [3.8, 4) is 6.07 Å². The van der Waals surface area contributed by atoms with Crippen LogP contribution in [0.1, 0.15) is 18.1 Å². The van der Waals surface area contributed by atoms with E-state index in [0.29, 0.717) is 13.1 Å². The molecular weight excluding hydrogens is 391 g/mol. The van der Waals surface area contributed by atoms with Crippen LogP contribution in [0.5, 0.6) is 0 Å². The molecular formula is C20H17ClF3N3O. The highest BCUT2D eigenvalue weighted by Gasteiger charge is 2.33. The van der Waals surface area contributed by atoms with Gasteiger partial charge >= 0.3 is 6.18 Å². The zero-order valence-corrected chi connectivity index (χ0v) is 15.7. The summed E-state index contributed by atoms with van der Waals surface area (Å²) in [5.41, 5.74) is -0.394. The third kappa shape index (κ3) is 5.76. The van der Waals surface area contributed by atoms with Crippen molar-refractivity contribution in [2.45, 2.75) is 19.6 Å². The molecule has 0 aromatic heterocycles. The summed E-state index contributed by atoms with van der Waals surface area (Å²) >= 11 is 5.57. The lowest BCUT2D eigenvalue weighted by Gasteiger charge is -2.19. The molecule has 0 aliphatic rings. The van der Waals surface area contributed by atoms with E-state index in [9.17, 15) is 23.2 Å². The van der Waals surface area contributed by atoms with Gasteiger partial charge in [-0.3, -0.25) is 4.79 Å². The summed E-state index contributed by atoms with van der Waals surface area (Å²) in [6, 6.07) is 14.3. The number of hydrogen-bond acceptors (Lipinski definition) is 3. The number of amides is 1. The first kappa shape index (κ1) is 21.3. The summed E-state index contributed by atoms with van der Waals surface area (Å²) in [6.45, 7) is 2.88. The third-order valence-corrected chi connectivity index (χ3v) is 4.17. The molecule has 4 nitrogen and oxygen atoms in total. The molecule has 0 atom stereocenters. The minimum Gasteiger partial charge on any atom is -0.372 e. The number of nitrogens with zero attached hydrogens (tertiary/aromatic N) is 2. The van der Waals surface area contributed by atoms with Crippen molar-refractivity contribution in [3.63, 3.8) is 0 Å². The topological polar surface area (TPSA) is 56.1 Å². The Kier molecular flexibility index (Phi) is 7.07. The fraction of sp³-hybridized carbons (Fsp3) is 0.200. The molecule has 2 aromatic rings. The molecule has 0 aliphatic heterocycles. The van der Waals surface area contributed by atoms with Crippen LogP contribution in [-0.2, 0) is 17.5 Å². The Labute approximate surface area is 165 Å². The number of anilines is 1. The lowest BCUT2D eigenvalue weighted by atomic mass is 10.1. The summed E-state index contributed by atoms with van der Waals surface area (Å²) in [6.07, 6.45) is -3.26. The molecule has 0 fully saturated rings. The number of rotatable bonds is 6. The van der Waals surface area contributed by atoms with Gasteiger partial charge in [0.25, 0.3) is 5.91 Å². The van der Waals surface area contributed by atoms with Crippen molar-refractivity contribution in [1.82, 2.24) is 4.90 Å². The first-order chi connectivity index (χ1) is 13.2. The van der Waals surface area contributed by atoms with E-state index < -0.39 is 22.7 Å². The normalized spacial score (nSPS) is 11.6. The van der Waals surface area contributed by atoms with Crippen molar-refractivity contribution in [2.75, 3.05) is 11.9 Å². The van der Waals surface area contributed by atoms with E-state index in [2.05, 4.69) is 5.32 Å². The Hall–Kier alpha value is -2.98. The maximum atomic E-state index is 12.9. The van der Waals surface area contributed by atoms with Gasteiger partial charge in [0.1, 0.15) is 11.6 Å². The van der Waals surface area contributed by atoms with Gasteiger partial charge in [0.2, 0.25) is 0 Å². The number of carbonyl (C=O) groups is 1. The van der Waals surface area contributed by atoms with Crippen molar-refractivity contribution in [3.05, 3.63) is 76.5 Å². The number of benzene rings is 2. The van der Waals surface area contributed by atoms with Crippen molar-refractivity contribution in [2.24, 2.45) is 0 Å². The van der Waals surface area contributed by atoms with E-state index in [-0.39, 0.29) is 11.3 Å². The molecule has 28 heavy (non-hydrogen) atoms. The molecule has 1 amide bonds. The standard InChI is InChI=1S/C20H17ClF3N3O/c1-2-27(12-14-6-4-3-5-7-14)13-15(11-25)19(28)26-16-8-9-18(21)17(10-16)20(22,23)24/h3-10,13H,2,12H2,1H3,(H,26,28)/b15-13-. The molecule has 0 aliphatic carbocycles. The number of alkyl halides is 3. The molecule has 8 heteroatoms. The molecule has 0 spiro atoms. The van der Waals surface area contributed by atoms with Crippen LogP contribution in [-0.4, -0.2) is 17.4 Å². The Bertz CT molecular complexity index is 905. The molecule has 0 bridgehead atoms. The highest BCUT2D eigenvalue weighted by atomic mass is 35.5. The van der Waals surface area contributed by atoms with Gasteiger partial charge in [0, 0.05) is 25.0 Å². The summed E-state index contributed by atoms with van der Waals surface area (Å²) in [5.74, 6) is -0.801. The van der Waals surface area contributed by atoms with Gasteiger partial charge in [-0.15, -0.1) is 0 Å². The fourth-order valence-corrected chi connectivity index (χ4v) is 2.63. The van der Waals surface area contributed by atoms with Crippen LogP contribution in [0.2, 0.25) is 5.02 Å². The van der Waals surface area contributed by atoms with Gasteiger partial charge in [-0.25, -0.2) is 0 Å². The monoisotopic (exact) mass is 407 g/mol. The molecule has 0 saturated heterocycles. The van der Waals surface area contributed by atoms with Gasteiger partial charge in [-0.2, -0.15) is 18.4 Å². The SMILES string of the molecule is CCN(/C=C(/C#N)C(=O)Nc1ccc(Cl)c(C(F)(F)F)c1)Cc1ccccc1. The molecule has 0 saturated carbocycles. The second-order valence-corrected chi connectivity index (χ2v) is 6.26. The molecule has 146 valence electrons. The van der Waals surface area contributed by atoms with Crippen LogP contribution < -0.4 is 5.32 Å². The van der Waals surface area contributed by atoms with E-state index in [0.717, 1.165) is 17.7 Å². The zero-order valence-electron chi connectivity index (χ0n) is 14.9. The lowest BCUT2D eigenvalue weighted by molar-refractivity contribution is -0.137. The summed E-state index contributed by atoms with van der Waals surface area (Å²) in [7, 11) is 0. The van der Waals surface area contributed by atoms with E-state index in [1.165, 1.54) is 12.3 Å². The average molecular weight is 408 g/mol. The van der Waals surface area contributed by atoms with Crippen LogP contribution in [0.15, 0.2) is 60.3 Å². The quantitative estimate of drug-likeness (QED) is 0.527. The fourth-order valence-electron chi connectivity index (χ4n) is 2.41. The van der Waals surface area contributed by atoms with Gasteiger partial charge in [0.15, 0.2) is 0 Å². The first-order valence-electron chi connectivity index (χ1n) is 8.32. The average Bonchev–Trinajstić information content (AvgIpc) is 2.66. The lowest BCUT2D eigenvalue weighted by Crippen LogP contribution is -2.21. The Morgan fingerprint density at radius 1 is 1.25 bits per heavy atom. The molecule has 0 unspecified atom stereocenters. The first-order valence-corrected chi connectivity index (χ1v) is 8.70. The smallest absolute Gasteiger partial charge is 0.372 e. The highest BCUT2D eigenvalue weighted by molar-refractivity contribution is 6.31. The van der Waals surface area contributed by atoms with Crippen LogP contribution in [0.4, 0.5) is 18.9 Å². The Balaban J connectivity index is 2.19. The van der Waals surface area contributed by atoms with Gasteiger partial charge in [-0.1, -0.05) is 41.9 Å². The predicted molar refractivity (Wildman–Crippen MR) is 101 cm³/mol. The molecule has 0 radical (unpaired) electrons. The van der Waals surface area contributed by atoms with E-state index in [1.54, 1.807) is 11.0 Å². The second-order valence-electron chi connectivity index (χ2n) is 5.85. The van der Waals surface area contributed by atoms with Crippen LogP contribution in [0.3, 0.4) is 0 Å². The molecule has 2 rings (SSSR count). The summed E-state index contributed by atoms with van der Waals surface area (Å²) < 4.78 is 38.8. The number of nitrogens with one attached hydrogen (secondary N) is 1. The number of carbonyl (C=O) groups excluding carboxylic acids is 1. The summed E-state index contributed by atoms with van der Waals surface area (Å²) in [4.78, 5) is 14.1. The van der Waals surface area contributed by atoms with Crippen molar-refractivity contribution < 1.29 is 18.0 Å². The molecule has 0 heterocycles. The maximum absolute atomic E-state index is 12.9. The number of halogens is 4. The predicted octanol–water partition coefficient (Wildman–Crippen LogP) is 5.23. The second kappa shape index (κ2) is 9.29.